The van der Waals surface area contributed by atoms with Crippen molar-refractivity contribution in [1.29, 1.82) is 0 Å². The monoisotopic (exact) mass is 378 g/mol. The smallest absolute Gasteiger partial charge is 0.416 e. The summed E-state index contributed by atoms with van der Waals surface area (Å²) in [4.78, 5) is 20.4. The van der Waals surface area contributed by atoms with E-state index in [0.717, 1.165) is 18.5 Å². The van der Waals surface area contributed by atoms with E-state index in [1.807, 2.05) is 0 Å². The lowest BCUT2D eigenvalue weighted by atomic mass is 9.88. The van der Waals surface area contributed by atoms with Gasteiger partial charge in [-0.1, -0.05) is 12.1 Å². The maximum atomic E-state index is 14.3. The molecule has 0 N–H and O–H groups in total. The Morgan fingerprint density at radius 2 is 1.85 bits per heavy atom. The van der Waals surface area contributed by atoms with Gasteiger partial charge in [0.25, 0.3) is 0 Å². The van der Waals surface area contributed by atoms with Gasteiger partial charge in [0.15, 0.2) is 12.2 Å². The molecule has 0 aliphatic heterocycles. The molecule has 0 aliphatic rings. The number of carbonyl (C=O) groups is 1. The summed E-state index contributed by atoms with van der Waals surface area (Å²) in [5, 5.41) is 0. The summed E-state index contributed by atoms with van der Waals surface area (Å²) >= 11 is 0. The molecular formula is C19H14F4N2O2. The number of aryl methyl sites for hydroxylation is 1. The second kappa shape index (κ2) is 7.30. The van der Waals surface area contributed by atoms with Crippen molar-refractivity contribution in [2.75, 3.05) is 0 Å². The number of benzene rings is 1. The lowest BCUT2D eigenvalue weighted by Crippen LogP contribution is -2.13. The molecule has 0 aliphatic carbocycles. The van der Waals surface area contributed by atoms with Gasteiger partial charge in [-0.3, -0.25) is 9.78 Å². The highest BCUT2D eigenvalue weighted by Gasteiger charge is 2.31. The predicted octanol–water partition coefficient (Wildman–Crippen LogP) is 4.94. The van der Waals surface area contributed by atoms with E-state index in [1.54, 1.807) is 6.92 Å². The van der Waals surface area contributed by atoms with Crippen molar-refractivity contribution in [2.45, 2.75) is 25.4 Å². The number of oxazole rings is 1. The van der Waals surface area contributed by atoms with Crippen LogP contribution in [0, 0.1) is 12.7 Å². The first-order chi connectivity index (χ1) is 12.8. The van der Waals surface area contributed by atoms with E-state index in [2.05, 4.69) is 9.97 Å². The van der Waals surface area contributed by atoms with E-state index < -0.39 is 29.3 Å². The molecule has 0 saturated carbocycles. The van der Waals surface area contributed by atoms with Crippen LogP contribution in [0.15, 0.2) is 53.4 Å². The Labute approximate surface area is 151 Å². The van der Waals surface area contributed by atoms with Crippen molar-refractivity contribution in [3.63, 3.8) is 0 Å². The molecule has 3 rings (SSSR count). The van der Waals surface area contributed by atoms with Gasteiger partial charge in [-0.25, -0.2) is 9.37 Å². The minimum Gasteiger partial charge on any atom is -0.440 e. The van der Waals surface area contributed by atoms with Crippen LogP contribution in [0.4, 0.5) is 17.6 Å². The Kier molecular flexibility index (Phi) is 5.07. The average molecular weight is 378 g/mol. The van der Waals surface area contributed by atoms with E-state index in [-0.39, 0.29) is 17.9 Å². The molecule has 2 aromatic heterocycles. The summed E-state index contributed by atoms with van der Waals surface area (Å²) in [6.07, 6.45) is -2.23. The number of halogens is 4. The molecule has 3 aromatic rings. The zero-order chi connectivity index (χ0) is 19.6. The van der Waals surface area contributed by atoms with Crippen molar-refractivity contribution in [1.82, 2.24) is 9.97 Å². The molecule has 1 atom stereocenters. The molecule has 2 heterocycles. The van der Waals surface area contributed by atoms with Gasteiger partial charge >= 0.3 is 6.18 Å². The van der Waals surface area contributed by atoms with Gasteiger partial charge < -0.3 is 4.42 Å². The van der Waals surface area contributed by atoms with E-state index in [0.29, 0.717) is 11.3 Å². The molecule has 0 radical (unpaired) electrons. The van der Waals surface area contributed by atoms with Crippen molar-refractivity contribution >= 4 is 5.78 Å². The summed E-state index contributed by atoms with van der Waals surface area (Å²) in [5.74, 6) is -1.93. The lowest BCUT2D eigenvalue weighted by molar-refractivity contribution is -0.137. The molecular weight excluding hydrogens is 364 g/mol. The van der Waals surface area contributed by atoms with Crippen LogP contribution in [0.5, 0.6) is 0 Å². The fourth-order valence-corrected chi connectivity index (χ4v) is 2.78. The molecule has 0 spiro atoms. The molecule has 0 bridgehead atoms. The molecule has 0 saturated heterocycles. The van der Waals surface area contributed by atoms with Crippen molar-refractivity contribution in [3.8, 4) is 0 Å². The third-order valence-corrected chi connectivity index (χ3v) is 4.15. The minimum absolute atomic E-state index is 0.0252. The molecule has 0 amide bonds. The van der Waals surface area contributed by atoms with Crippen LogP contribution in [0.2, 0.25) is 0 Å². The van der Waals surface area contributed by atoms with Crippen LogP contribution in [-0.4, -0.2) is 15.8 Å². The number of rotatable bonds is 5. The zero-order valence-electron chi connectivity index (χ0n) is 14.1. The second-order valence-electron chi connectivity index (χ2n) is 5.94. The van der Waals surface area contributed by atoms with Crippen molar-refractivity contribution < 1.29 is 26.8 Å². The number of ketones is 1. The summed E-state index contributed by atoms with van der Waals surface area (Å²) in [6.45, 7) is 1.59. The number of hydrogen-bond acceptors (Lipinski definition) is 4. The molecule has 1 aromatic carbocycles. The van der Waals surface area contributed by atoms with E-state index in [4.69, 9.17) is 4.42 Å². The van der Waals surface area contributed by atoms with Crippen molar-refractivity contribution in [2.24, 2.45) is 0 Å². The Hall–Kier alpha value is -3.03. The Bertz CT molecular complexity index is 949. The first-order valence-electron chi connectivity index (χ1n) is 7.98. The van der Waals surface area contributed by atoms with Crippen LogP contribution >= 0.6 is 0 Å². The number of alkyl halides is 3. The Morgan fingerprint density at radius 3 is 2.41 bits per heavy atom. The third-order valence-electron chi connectivity index (χ3n) is 4.15. The van der Waals surface area contributed by atoms with Gasteiger partial charge in [0.1, 0.15) is 5.82 Å². The summed E-state index contributed by atoms with van der Waals surface area (Å²) < 4.78 is 57.8. The lowest BCUT2D eigenvalue weighted by Gasteiger charge is -2.17. The Morgan fingerprint density at radius 1 is 1.15 bits per heavy atom. The SMILES string of the molecule is Cc1ncoc1C(=O)C[C@@H](c1ccc(C(F)(F)F)cc1)c1ncccc1F. The maximum absolute atomic E-state index is 14.3. The molecule has 0 unspecified atom stereocenters. The van der Waals surface area contributed by atoms with Gasteiger partial charge in [0.2, 0.25) is 5.78 Å². The fraction of sp³-hybridized carbons (Fsp3) is 0.211. The first kappa shape index (κ1) is 18.8. The number of hydrogen-bond donors (Lipinski definition) is 0. The zero-order valence-corrected chi connectivity index (χ0v) is 14.1. The number of Topliss-reactive ketones (excluding diaryl/α,β-unsaturated/α-hetero) is 1. The molecule has 4 nitrogen and oxygen atoms in total. The Balaban J connectivity index is 1.99. The van der Waals surface area contributed by atoms with Crippen LogP contribution in [0.1, 0.15) is 45.4 Å². The average Bonchev–Trinajstić information content (AvgIpc) is 3.06. The third kappa shape index (κ3) is 4.05. The van der Waals surface area contributed by atoms with Crippen LogP contribution in [0.3, 0.4) is 0 Å². The topological polar surface area (TPSA) is 56.0 Å². The highest BCUT2D eigenvalue weighted by Crippen LogP contribution is 2.34. The maximum Gasteiger partial charge on any atom is 0.416 e. The second-order valence-corrected chi connectivity index (χ2v) is 5.94. The molecule has 0 fully saturated rings. The molecule has 8 heteroatoms. The number of carbonyl (C=O) groups excluding carboxylic acids is 1. The fourth-order valence-electron chi connectivity index (χ4n) is 2.78. The van der Waals surface area contributed by atoms with E-state index in [9.17, 15) is 22.4 Å². The standard InChI is InChI=1S/C19H14F4N2O2/c1-11-18(27-10-25-11)16(26)9-14(17-15(20)3-2-8-24-17)12-4-6-13(7-5-12)19(21,22)23/h2-8,10,14H,9H2,1H3/t14-/m0/s1. The van der Waals surface area contributed by atoms with Gasteiger partial charge in [-0.05, 0) is 36.8 Å². The quantitative estimate of drug-likeness (QED) is 0.466. The highest BCUT2D eigenvalue weighted by atomic mass is 19.4. The van der Waals surface area contributed by atoms with Crippen molar-refractivity contribution in [3.05, 3.63) is 83.1 Å². The largest absolute Gasteiger partial charge is 0.440 e. The molecule has 27 heavy (non-hydrogen) atoms. The number of pyridine rings is 1. The predicted molar refractivity (Wildman–Crippen MR) is 87.7 cm³/mol. The normalized spacial score (nSPS) is 12.8. The van der Waals surface area contributed by atoms with Crippen LogP contribution in [0.25, 0.3) is 0 Å². The van der Waals surface area contributed by atoms with Crippen LogP contribution < -0.4 is 0 Å². The number of nitrogens with zero attached hydrogens (tertiary/aromatic N) is 2. The summed E-state index contributed by atoms with van der Waals surface area (Å²) in [5.41, 5.74) is -0.134. The van der Waals surface area contributed by atoms with Gasteiger partial charge in [-0.15, -0.1) is 0 Å². The highest BCUT2D eigenvalue weighted by molar-refractivity contribution is 5.95. The first-order valence-corrected chi connectivity index (χ1v) is 7.98. The number of aromatic nitrogens is 2. The van der Waals surface area contributed by atoms with E-state index in [1.165, 1.54) is 30.5 Å². The minimum atomic E-state index is -4.49. The van der Waals surface area contributed by atoms with Gasteiger partial charge in [0, 0.05) is 18.5 Å². The van der Waals surface area contributed by atoms with Crippen LogP contribution in [-0.2, 0) is 6.18 Å². The van der Waals surface area contributed by atoms with E-state index >= 15 is 0 Å². The van der Waals surface area contributed by atoms with Gasteiger partial charge in [-0.2, -0.15) is 13.2 Å². The molecule has 140 valence electrons. The van der Waals surface area contributed by atoms with Gasteiger partial charge in [0.05, 0.1) is 17.0 Å². The summed E-state index contributed by atoms with van der Waals surface area (Å²) in [7, 11) is 0. The summed E-state index contributed by atoms with van der Waals surface area (Å²) in [6, 6.07) is 6.82.